The summed E-state index contributed by atoms with van der Waals surface area (Å²) in [5, 5.41) is 0.657. The summed E-state index contributed by atoms with van der Waals surface area (Å²) in [6.07, 6.45) is -3.00. The Morgan fingerprint density at radius 1 is 1.00 bits per heavy atom. The number of aromatic nitrogens is 1. The minimum Gasteiger partial charge on any atom is -0.255 e. The fourth-order valence-corrected chi connectivity index (χ4v) is 3.60. The van der Waals surface area contributed by atoms with Crippen LogP contribution in [0.5, 0.6) is 0 Å². The van der Waals surface area contributed by atoms with Crippen LogP contribution in [0, 0.1) is 0 Å². The Balaban J connectivity index is 1.87. The minimum atomic E-state index is -4.48. The molecule has 25 heavy (non-hydrogen) atoms. The second kappa shape index (κ2) is 6.45. The summed E-state index contributed by atoms with van der Waals surface area (Å²) in [7, 11) is -3.93. The molecule has 4 nitrogen and oxygen atoms in total. The van der Waals surface area contributed by atoms with Gasteiger partial charge in [0.2, 0.25) is 10.0 Å². The Labute approximate surface area is 142 Å². The van der Waals surface area contributed by atoms with Gasteiger partial charge in [0.25, 0.3) is 0 Å². The Morgan fingerprint density at radius 2 is 1.72 bits per heavy atom. The van der Waals surface area contributed by atoms with Crippen molar-refractivity contribution in [1.82, 2.24) is 9.71 Å². The van der Waals surface area contributed by atoms with Gasteiger partial charge in [0.15, 0.2) is 0 Å². The van der Waals surface area contributed by atoms with Crippen LogP contribution in [0.2, 0.25) is 0 Å². The van der Waals surface area contributed by atoms with Gasteiger partial charge >= 0.3 is 6.18 Å². The van der Waals surface area contributed by atoms with Crippen LogP contribution in [-0.4, -0.2) is 13.4 Å². The zero-order valence-corrected chi connectivity index (χ0v) is 13.6. The van der Waals surface area contributed by atoms with Gasteiger partial charge in [-0.15, -0.1) is 0 Å². The van der Waals surface area contributed by atoms with Gasteiger partial charge in [-0.05, 0) is 23.8 Å². The summed E-state index contributed by atoms with van der Waals surface area (Å²) in [5.41, 5.74) is -0.302. The van der Waals surface area contributed by atoms with E-state index >= 15 is 0 Å². The number of pyridine rings is 1. The molecule has 1 aromatic heterocycles. The van der Waals surface area contributed by atoms with Crippen molar-refractivity contribution in [1.29, 1.82) is 0 Å². The number of hydrogen-bond donors (Lipinski definition) is 1. The Bertz CT molecular complexity index is 1010. The van der Waals surface area contributed by atoms with Crippen molar-refractivity contribution < 1.29 is 21.6 Å². The van der Waals surface area contributed by atoms with Gasteiger partial charge in [0.05, 0.1) is 11.1 Å². The first kappa shape index (κ1) is 17.4. The Kier molecular flexibility index (Phi) is 4.49. The molecule has 3 rings (SSSR count). The number of alkyl halides is 3. The lowest BCUT2D eigenvalue weighted by atomic mass is 10.1. The first-order chi connectivity index (χ1) is 11.8. The molecular weight excluding hydrogens is 353 g/mol. The standard InChI is InChI=1S/C17H13F3N2O2S/c18-17(19,20)14-7-1-4-12(10-14)11-22-25(23,24)15-8-2-5-13-6-3-9-21-16(13)15/h1-10,22H,11H2. The number of fused-ring (bicyclic) bond motifs is 1. The molecule has 8 heteroatoms. The van der Waals surface area contributed by atoms with Crippen LogP contribution in [0.4, 0.5) is 13.2 Å². The fourth-order valence-electron chi connectivity index (χ4n) is 2.41. The predicted molar refractivity (Wildman–Crippen MR) is 87.2 cm³/mol. The Hall–Kier alpha value is -2.45. The van der Waals surface area contributed by atoms with Crippen molar-refractivity contribution in [3.05, 3.63) is 71.9 Å². The molecule has 1 N–H and O–H groups in total. The third-order valence-electron chi connectivity index (χ3n) is 3.61. The van der Waals surface area contributed by atoms with E-state index in [0.29, 0.717) is 10.9 Å². The maximum Gasteiger partial charge on any atom is 0.416 e. The summed E-state index contributed by atoms with van der Waals surface area (Å²) in [5.74, 6) is 0. The largest absolute Gasteiger partial charge is 0.416 e. The smallest absolute Gasteiger partial charge is 0.255 e. The number of para-hydroxylation sites is 1. The van der Waals surface area contributed by atoms with E-state index < -0.39 is 21.8 Å². The molecule has 0 atom stereocenters. The van der Waals surface area contributed by atoms with Gasteiger partial charge in [0.1, 0.15) is 4.90 Å². The molecule has 1 heterocycles. The summed E-state index contributed by atoms with van der Waals surface area (Å²) >= 11 is 0. The van der Waals surface area contributed by atoms with Crippen LogP contribution in [-0.2, 0) is 22.7 Å². The summed E-state index contributed by atoms with van der Waals surface area (Å²) in [6.45, 7) is -0.254. The average molecular weight is 366 g/mol. The molecule has 0 aliphatic heterocycles. The maximum absolute atomic E-state index is 12.7. The summed E-state index contributed by atoms with van der Waals surface area (Å²) in [6, 6.07) is 12.7. The highest BCUT2D eigenvalue weighted by molar-refractivity contribution is 7.89. The lowest BCUT2D eigenvalue weighted by molar-refractivity contribution is -0.137. The van der Waals surface area contributed by atoms with E-state index in [1.807, 2.05) is 0 Å². The van der Waals surface area contributed by atoms with Crippen LogP contribution in [0.1, 0.15) is 11.1 Å². The van der Waals surface area contributed by atoms with E-state index in [4.69, 9.17) is 0 Å². The van der Waals surface area contributed by atoms with Gasteiger partial charge in [-0.2, -0.15) is 13.2 Å². The normalized spacial score (nSPS) is 12.4. The molecule has 0 saturated heterocycles. The second-order valence-corrected chi connectivity index (χ2v) is 7.09. The quantitative estimate of drug-likeness (QED) is 0.765. The van der Waals surface area contributed by atoms with E-state index in [1.165, 1.54) is 24.4 Å². The molecule has 0 spiro atoms. The molecule has 0 bridgehead atoms. The van der Waals surface area contributed by atoms with Crippen LogP contribution >= 0.6 is 0 Å². The zero-order valence-electron chi connectivity index (χ0n) is 12.8. The van der Waals surface area contributed by atoms with Crippen LogP contribution in [0.15, 0.2) is 65.7 Å². The number of benzene rings is 2. The average Bonchev–Trinajstić information content (AvgIpc) is 2.59. The first-order valence-corrected chi connectivity index (χ1v) is 8.75. The van der Waals surface area contributed by atoms with Crippen LogP contribution in [0.3, 0.4) is 0 Å². The third-order valence-corrected chi connectivity index (χ3v) is 5.04. The van der Waals surface area contributed by atoms with Crippen LogP contribution < -0.4 is 4.72 Å². The Morgan fingerprint density at radius 3 is 2.48 bits per heavy atom. The van der Waals surface area contributed by atoms with E-state index in [2.05, 4.69) is 9.71 Å². The third kappa shape index (κ3) is 3.80. The molecule has 0 amide bonds. The predicted octanol–water partition coefficient (Wildman–Crippen LogP) is 3.73. The number of sulfonamides is 1. The topological polar surface area (TPSA) is 59.1 Å². The molecule has 0 fully saturated rings. The molecule has 2 aromatic carbocycles. The van der Waals surface area contributed by atoms with Crippen molar-refractivity contribution in [2.24, 2.45) is 0 Å². The summed E-state index contributed by atoms with van der Waals surface area (Å²) < 4.78 is 65.6. The summed E-state index contributed by atoms with van der Waals surface area (Å²) in [4.78, 5) is 4.06. The number of hydrogen-bond acceptors (Lipinski definition) is 3. The number of nitrogens with one attached hydrogen (secondary N) is 1. The highest BCUT2D eigenvalue weighted by Crippen LogP contribution is 2.29. The van der Waals surface area contributed by atoms with E-state index in [-0.39, 0.29) is 17.0 Å². The van der Waals surface area contributed by atoms with Gasteiger partial charge in [-0.25, -0.2) is 13.1 Å². The van der Waals surface area contributed by atoms with Gasteiger partial charge < -0.3 is 0 Å². The van der Waals surface area contributed by atoms with E-state index in [0.717, 1.165) is 12.1 Å². The van der Waals surface area contributed by atoms with Gasteiger partial charge in [-0.3, -0.25) is 4.98 Å². The van der Waals surface area contributed by atoms with Crippen molar-refractivity contribution in [3.8, 4) is 0 Å². The molecule has 0 saturated carbocycles. The lowest BCUT2D eigenvalue weighted by Crippen LogP contribution is -2.23. The first-order valence-electron chi connectivity index (χ1n) is 7.27. The number of halogens is 3. The van der Waals surface area contributed by atoms with Crippen molar-refractivity contribution in [2.75, 3.05) is 0 Å². The highest BCUT2D eigenvalue weighted by Gasteiger charge is 2.30. The molecule has 0 aliphatic rings. The molecule has 0 unspecified atom stereocenters. The SMILES string of the molecule is O=S(=O)(NCc1cccc(C(F)(F)F)c1)c1cccc2cccnc12. The second-order valence-electron chi connectivity index (χ2n) is 5.35. The lowest BCUT2D eigenvalue weighted by Gasteiger charge is -2.11. The van der Waals surface area contributed by atoms with Gasteiger partial charge in [0, 0.05) is 18.1 Å². The van der Waals surface area contributed by atoms with Crippen molar-refractivity contribution in [3.63, 3.8) is 0 Å². The zero-order chi connectivity index (χ0) is 18.1. The molecule has 3 aromatic rings. The highest BCUT2D eigenvalue weighted by atomic mass is 32.2. The van der Waals surface area contributed by atoms with Crippen molar-refractivity contribution in [2.45, 2.75) is 17.6 Å². The van der Waals surface area contributed by atoms with Crippen molar-refractivity contribution >= 4 is 20.9 Å². The fraction of sp³-hybridized carbons (Fsp3) is 0.118. The molecule has 130 valence electrons. The van der Waals surface area contributed by atoms with E-state index in [1.54, 1.807) is 24.3 Å². The monoisotopic (exact) mass is 366 g/mol. The van der Waals surface area contributed by atoms with Crippen LogP contribution in [0.25, 0.3) is 10.9 Å². The number of nitrogens with zero attached hydrogens (tertiary/aromatic N) is 1. The minimum absolute atomic E-state index is 0.0161. The molecule has 0 radical (unpaired) electrons. The number of rotatable bonds is 4. The maximum atomic E-state index is 12.7. The molecule has 0 aliphatic carbocycles. The molecular formula is C17H13F3N2O2S. The van der Waals surface area contributed by atoms with Gasteiger partial charge in [-0.1, -0.05) is 36.4 Å². The van der Waals surface area contributed by atoms with E-state index in [9.17, 15) is 21.6 Å².